The summed E-state index contributed by atoms with van der Waals surface area (Å²) >= 11 is 0. The zero-order chi connectivity index (χ0) is 14.1. The molecular formula is C15H15N3O2. The molecule has 0 aliphatic heterocycles. The van der Waals surface area contributed by atoms with Crippen molar-refractivity contribution in [2.75, 3.05) is 24.3 Å². The van der Waals surface area contributed by atoms with E-state index < -0.39 is 5.76 Å². The van der Waals surface area contributed by atoms with Gasteiger partial charge in [-0.2, -0.15) is 0 Å². The fourth-order valence-corrected chi connectivity index (χ4v) is 2.14. The van der Waals surface area contributed by atoms with Crippen LogP contribution in [0.2, 0.25) is 0 Å². The zero-order valence-corrected chi connectivity index (χ0v) is 11.3. The Hall–Kier alpha value is -2.69. The van der Waals surface area contributed by atoms with Crippen molar-refractivity contribution in [3.8, 4) is 0 Å². The molecule has 2 aromatic carbocycles. The van der Waals surface area contributed by atoms with Gasteiger partial charge >= 0.3 is 5.76 Å². The second-order valence-corrected chi connectivity index (χ2v) is 4.55. The average molecular weight is 269 g/mol. The van der Waals surface area contributed by atoms with E-state index in [1.54, 1.807) is 0 Å². The molecule has 2 N–H and O–H groups in total. The van der Waals surface area contributed by atoms with Gasteiger partial charge in [-0.25, -0.2) is 4.79 Å². The van der Waals surface area contributed by atoms with E-state index in [9.17, 15) is 4.79 Å². The molecule has 0 unspecified atom stereocenters. The Balaban J connectivity index is 1.97. The molecule has 3 aromatic rings. The largest absolute Gasteiger partial charge is 0.417 e. The van der Waals surface area contributed by atoms with Gasteiger partial charge in [0.2, 0.25) is 0 Å². The molecule has 0 amide bonds. The van der Waals surface area contributed by atoms with Crippen molar-refractivity contribution in [3.63, 3.8) is 0 Å². The van der Waals surface area contributed by atoms with Crippen LogP contribution < -0.4 is 16.0 Å². The second-order valence-electron chi connectivity index (χ2n) is 4.55. The van der Waals surface area contributed by atoms with Gasteiger partial charge in [0.25, 0.3) is 0 Å². The molecule has 20 heavy (non-hydrogen) atoms. The summed E-state index contributed by atoms with van der Waals surface area (Å²) in [5.74, 6) is -0.432. The van der Waals surface area contributed by atoms with Crippen LogP contribution in [0.1, 0.15) is 0 Å². The Morgan fingerprint density at radius 2 is 1.80 bits per heavy atom. The summed E-state index contributed by atoms with van der Waals surface area (Å²) in [5.41, 5.74) is 4.34. The number of fused-ring (bicyclic) bond motifs is 1. The van der Waals surface area contributed by atoms with Crippen LogP contribution in [0.3, 0.4) is 0 Å². The molecule has 0 saturated carbocycles. The van der Waals surface area contributed by atoms with Gasteiger partial charge in [-0.05, 0) is 36.4 Å². The van der Waals surface area contributed by atoms with E-state index in [4.69, 9.17) is 4.42 Å². The minimum Gasteiger partial charge on any atom is -0.408 e. The maximum atomic E-state index is 11.2. The minimum absolute atomic E-state index is 0.432. The number of aromatic nitrogens is 1. The fraction of sp³-hybridized carbons (Fsp3) is 0.133. The lowest BCUT2D eigenvalue weighted by Crippen LogP contribution is -2.09. The lowest BCUT2D eigenvalue weighted by Gasteiger charge is -2.19. The number of nitrogens with one attached hydrogen (secondary N) is 2. The monoisotopic (exact) mass is 269 g/mol. The predicted molar refractivity (Wildman–Crippen MR) is 80.9 cm³/mol. The standard InChI is InChI=1S/C15H15N3O2/c1-16-10-3-5-11(6-4-10)18(2)12-7-8-13-14(9-12)20-15(19)17-13/h3-9,16H,1-2H3,(H,17,19). The number of benzene rings is 2. The number of anilines is 3. The number of aromatic amines is 1. The van der Waals surface area contributed by atoms with Crippen molar-refractivity contribution in [1.29, 1.82) is 0 Å². The smallest absolute Gasteiger partial charge is 0.408 e. The third-order valence-corrected chi connectivity index (χ3v) is 3.34. The fourth-order valence-electron chi connectivity index (χ4n) is 2.14. The van der Waals surface area contributed by atoms with Crippen LogP contribution in [-0.2, 0) is 0 Å². The number of rotatable bonds is 3. The summed E-state index contributed by atoms with van der Waals surface area (Å²) in [4.78, 5) is 15.8. The molecule has 0 aliphatic carbocycles. The van der Waals surface area contributed by atoms with Gasteiger partial charge in [0.05, 0.1) is 5.52 Å². The molecule has 0 radical (unpaired) electrons. The summed E-state index contributed by atoms with van der Waals surface area (Å²) in [7, 11) is 3.86. The minimum atomic E-state index is -0.432. The normalized spacial score (nSPS) is 10.7. The van der Waals surface area contributed by atoms with Gasteiger partial charge < -0.3 is 14.6 Å². The van der Waals surface area contributed by atoms with E-state index in [-0.39, 0.29) is 0 Å². The van der Waals surface area contributed by atoms with Gasteiger partial charge in [0.15, 0.2) is 5.58 Å². The van der Waals surface area contributed by atoms with Gasteiger partial charge in [-0.15, -0.1) is 0 Å². The van der Waals surface area contributed by atoms with Crippen molar-refractivity contribution in [2.24, 2.45) is 0 Å². The predicted octanol–water partition coefficient (Wildman–Crippen LogP) is 2.93. The molecule has 0 atom stereocenters. The van der Waals surface area contributed by atoms with Crippen LogP contribution in [-0.4, -0.2) is 19.1 Å². The van der Waals surface area contributed by atoms with Crippen LogP contribution in [0.15, 0.2) is 51.7 Å². The SMILES string of the molecule is CNc1ccc(N(C)c2ccc3[nH]c(=O)oc3c2)cc1. The highest BCUT2D eigenvalue weighted by Crippen LogP contribution is 2.27. The van der Waals surface area contributed by atoms with Crippen molar-refractivity contribution < 1.29 is 4.42 Å². The zero-order valence-electron chi connectivity index (χ0n) is 11.3. The van der Waals surface area contributed by atoms with Crippen LogP contribution in [0.5, 0.6) is 0 Å². The van der Waals surface area contributed by atoms with Crippen LogP contribution in [0, 0.1) is 0 Å². The van der Waals surface area contributed by atoms with E-state index >= 15 is 0 Å². The molecule has 0 saturated heterocycles. The topological polar surface area (TPSA) is 61.3 Å². The molecule has 0 bridgehead atoms. The Labute approximate surface area is 115 Å². The maximum Gasteiger partial charge on any atom is 0.417 e. The third kappa shape index (κ3) is 2.14. The molecule has 3 rings (SSSR count). The lowest BCUT2D eigenvalue weighted by molar-refractivity contribution is 0.555. The Kier molecular flexibility index (Phi) is 2.95. The van der Waals surface area contributed by atoms with Crippen molar-refractivity contribution in [2.45, 2.75) is 0 Å². The molecule has 0 spiro atoms. The number of hydrogen-bond donors (Lipinski definition) is 2. The molecule has 1 aromatic heterocycles. The molecule has 0 aliphatic rings. The summed E-state index contributed by atoms with van der Waals surface area (Å²) in [6, 6.07) is 13.7. The molecule has 5 nitrogen and oxygen atoms in total. The Morgan fingerprint density at radius 1 is 1.10 bits per heavy atom. The molecule has 1 heterocycles. The van der Waals surface area contributed by atoms with Gasteiger partial charge in [0, 0.05) is 37.2 Å². The molecule has 5 heteroatoms. The number of H-pyrrole nitrogens is 1. The second kappa shape index (κ2) is 4.77. The van der Waals surface area contributed by atoms with E-state index in [0.29, 0.717) is 11.1 Å². The summed E-state index contributed by atoms with van der Waals surface area (Å²) in [6.45, 7) is 0. The summed E-state index contributed by atoms with van der Waals surface area (Å²) in [5, 5.41) is 3.09. The van der Waals surface area contributed by atoms with E-state index in [1.807, 2.05) is 61.5 Å². The lowest BCUT2D eigenvalue weighted by atomic mass is 10.2. The summed E-state index contributed by atoms with van der Waals surface area (Å²) < 4.78 is 5.08. The summed E-state index contributed by atoms with van der Waals surface area (Å²) in [6.07, 6.45) is 0. The first-order chi connectivity index (χ1) is 9.67. The molecule has 0 fully saturated rings. The highest BCUT2D eigenvalue weighted by atomic mass is 16.4. The van der Waals surface area contributed by atoms with Crippen molar-refractivity contribution in [1.82, 2.24) is 4.98 Å². The van der Waals surface area contributed by atoms with E-state index in [0.717, 1.165) is 17.1 Å². The highest BCUT2D eigenvalue weighted by molar-refractivity contribution is 5.79. The molecule has 102 valence electrons. The van der Waals surface area contributed by atoms with Crippen LogP contribution in [0.25, 0.3) is 11.1 Å². The van der Waals surface area contributed by atoms with Gasteiger partial charge in [-0.3, -0.25) is 4.98 Å². The molecular weight excluding hydrogens is 254 g/mol. The average Bonchev–Trinajstić information content (AvgIpc) is 2.85. The van der Waals surface area contributed by atoms with E-state index in [2.05, 4.69) is 10.3 Å². The van der Waals surface area contributed by atoms with Crippen molar-refractivity contribution in [3.05, 3.63) is 53.0 Å². The number of oxazole rings is 1. The van der Waals surface area contributed by atoms with Crippen molar-refractivity contribution >= 4 is 28.2 Å². The van der Waals surface area contributed by atoms with E-state index in [1.165, 1.54) is 0 Å². The van der Waals surface area contributed by atoms with Crippen LogP contribution >= 0.6 is 0 Å². The van der Waals surface area contributed by atoms with Gasteiger partial charge in [-0.1, -0.05) is 0 Å². The Bertz CT molecular complexity index is 787. The third-order valence-electron chi connectivity index (χ3n) is 3.34. The number of hydrogen-bond acceptors (Lipinski definition) is 4. The highest BCUT2D eigenvalue weighted by Gasteiger charge is 2.07. The Morgan fingerprint density at radius 3 is 2.50 bits per heavy atom. The quantitative estimate of drug-likeness (QED) is 0.767. The first-order valence-electron chi connectivity index (χ1n) is 6.32. The number of nitrogens with zero attached hydrogens (tertiary/aromatic N) is 1. The van der Waals surface area contributed by atoms with Crippen LogP contribution in [0.4, 0.5) is 17.1 Å². The first-order valence-corrected chi connectivity index (χ1v) is 6.32. The first kappa shape index (κ1) is 12.3. The van der Waals surface area contributed by atoms with Gasteiger partial charge in [0.1, 0.15) is 0 Å². The maximum absolute atomic E-state index is 11.2.